The Morgan fingerprint density at radius 1 is 0.964 bits per heavy atom. The molecule has 5 heteroatoms. The molecule has 28 heavy (non-hydrogen) atoms. The van der Waals surface area contributed by atoms with E-state index in [2.05, 4.69) is 10.6 Å². The van der Waals surface area contributed by atoms with Crippen molar-refractivity contribution >= 4 is 17.6 Å². The minimum Gasteiger partial charge on any atom is -0.460 e. The molecule has 0 spiro atoms. The second kappa shape index (κ2) is 8.57. The lowest BCUT2D eigenvalue weighted by molar-refractivity contribution is -0.164. The second-order valence-electron chi connectivity index (χ2n) is 8.17. The van der Waals surface area contributed by atoms with Gasteiger partial charge in [-0.2, -0.15) is 0 Å². The topological polar surface area (TPSA) is 67.4 Å². The molecule has 0 saturated carbocycles. The quantitative estimate of drug-likeness (QED) is 0.791. The second-order valence-corrected chi connectivity index (χ2v) is 8.17. The third-order valence-corrected chi connectivity index (χ3v) is 4.79. The fraction of sp³-hybridized carbons (Fsp3) is 0.391. The Hall–Kier alpha value is -2.66. The van der Waals surface area contributed by atoms with Crippen LogP contribution in [0.3, 0.4) is 0 Å². The first-order valence-electron chi connectivity index (χ1n) is 9.73. The zero-order valence-electron chi connectivity index (χ0n) is 16.7. The fourth-order valence-corrected chi connectivity index (χ4v) is 3.41. The zero-order valence-corrected chi connectivity index (χ0v) is 16.7. The van der Waals surface area contributed by atoms with Crippen molar-refractivity contribution in [1.29, 1.82) is 0 Å². The van der Waals surface area contributed by atoms with Crippen LogP contribution >= 0.6 is 0 Å². The van der Waals surface area contributed by atoms with Crippen molar-refractivity contribution in [1.82, 2.24) is 5.32 Å². The number of hydrogen-bond acceptors (Lipinski definition) is 4. The summed E-state index contributed by atoms with van der Waals surface area (Å²) in [5.41, 5.74) is 2.38. The van der Waals surface area contributed by atoms with Gasteiger partial charge < -0.3 is 15.4 Å². The number of amides is 1. The average Bonchev–Trinajstić information content (AvgIpc) is 2.68. The summed E-state index contributed by atoms with van der Waals surface area (Å²) >= 11 is 0. The molecule has 0 radical (unpaired) electrons. The molecule has 2 aromatic carbocycles. The van der Waals surface area contributed by atoms with Crippen LogP contribution in [0.5, 0.6) is 0 Å². The maximum atomic E-state index is 12.9. The van der Waals surface area contributed by atoms with E-state index in [1.165, 1.54) is 0 Å². The standard InChI is InChI=1S/C23H28N2O3/c1-23(2,3)28-22(27)20-15-24-14-13-19(20)21(26)25-18-11-9-17(10-12-18)16-7-5-4-6-8-16/h4-12,19-20,24H,13-15H2,1-3H3,(H,25,26). The van der Waals surface area contributed by atoms with Gasteiger partial charge in [-0.25, -0.2) is 0 Å². The van der Waals surface area contributed by atoms with Crippen molar-refractivity contribution in [3.63, 3.8) is 0 Å². The zero-order chi connectivity index (χ0) is 20.1. The van der Waals surface area contributed by atoms with Gasteiger partial charge in [0.05, 0.1) is 11.8 Å². The summed E-state index contributed by atoms with van der Waals surface area (Å²) in [6, 6.07) is 17.8. The molecule has 3 rings (SSSR count). The summed E-state index contributed by atoms with van der Waals surface area (Å²) in [6.45, 7) is 6.68. The van der Waals surface area contributed by atoms with Crippen LogP contribution in [0.2, 0.25) is 0 Å². The molecule has 1 aliphatic rings. The van der Waals surface area contributed by atoms with Crippen molar-refractivity contribution in [3.05, 3.63) is 54.6 Å². The van der Waals surface area contributed by atoms with E-state index >= 15 is 0 Å². The Morgan fingerprint density at radius 3 is 2.25 bits per heavy atom. The Morgan fingerprint density at radius 2 is 1.61 bits per heavy atom. The summed E-state index contributed by atoms with van der Waals surface area (Å²) in [7, 11) is 0. The lowest BCUT2D eigenvalue weighted by Crippen LogP contribution is -2.47. The highest BCUT2D eigenvalue weighted by Crippen LogP contribution is 2.26. The number of rotatable bonds is 4. The molecule has 2 aromatic rings. The van der Waals surface area contributed by atoms with Crippen molar-refractivity contribution in [2.45, 2.75) is 32.8 Å². The monoisotopic (exact) mass is 380 g/mol. The van der Waals surface area contributed by atoms with Gasteiger partial charge >= 0.3 is 5.97 Å². The number of ether oxygens (including phenoxy) is 1. The summed E-state index contributed by atoms with van der Waals surface area (Å²) in [5, 5.41) is 6.16. The van der Waals surface area contributed by atoms with Crippen molar-refractivity contribution < 1.29 is 14.3 Å². The van der Waals surface area contributed by atoms with Crippen LogP contribution < -0.4 is 10.6 Å². The van der Waals surface area contributed by atoms with E-state index in [4.69, 9.17) is 4.74 Å². The number of hydrogen-bond donors (Lipinski definition) is 2. The maximum Gasteiger partial charge on any atom is 0.311 e. The first kappa shape index (κ1) is 20.1. The van der Waals surface area contributed by atoms with Crippen LogP contribution in [0.25, 0.3) is 11.1 Å². The molecule has 5 nitrogen and oxygen atoms in total. The lowest BCUT2D eigenvalue weighted by Gasteiger charge is -2.32. The van der Waals surface area contributed by atoms with Crippen molar-refractivity contribution in [2.75, 3.05) is 18.4 Å². The maximum absolute atomic E-state index is 12.9. The molecule has 2 atom stereocenters. The van der Waals surface area contributed by atoms with Gasteiger partial charge in [0.25, 0.3) is 0 Å². The normalized spacial score (nSPS) is 19.7. The number of piperidine rings is 1. The van der Waals surface area contributed by atoms with E-state index in [0.717, 1.165) is 16.8 Å². The first-order valence-corrected chi connectivity index (χ1v) is 9.73. The predicted molar refractivity (Wildman–Crippen MR) is 111 cm³/mol. The van der Waals surface area contributed by atoms with Crippen LogP contribution in [0.1, 0.15) is 27.2 Å². The predicted octanol–water partition coefficient (Wildman–Crippen LogP) is 3.86. The number of nitrogens with one attached hydrogen (secondary N) is 2. The Labute approximate surface area is 166 Å². The van der Waals surface area contributed by atoms with Crippen LogP contribution in [-0.4, -0.2) is 30.6 Å². The van der Waals surface area contributed by atoms with Gasteiger partial charge in [0.15, 0.2) is 0 Å². The third kappa shape index (κ3) is 5.20. The van der Waals surface area contributed by atoms with E-state index in [1.807, 2.05) is 75.4 Å². The van der Waals surface area contributed by atoms with Gasteiger partial charge in [-0.15, -0.1) is 0 Å². The smallest absolute Gasteiger partial charge is 0.311 e. The van der Waals surface area contributed by atoms with E-state index in [9.17, 15) is 9.59 Å². The average molecular weight is 380 g/mol. The van der Waals surface area contributed by atoms with E-state index in [1.54, 1.807) is 0 Å². The molecular formula is C23H28N2O3. The van der Waals surface area contributed by atoms with Crippen molar-refractivity contribution in [3.8, 4) is 11.1 Å². The van der Waals surface area contributed by atoms with Crippen LogP contribution in [0, 0.1) is 11.8 Å². The van der Waals surface area contributed by atoms with Gasteiger partial charge in [-0.3, -0.25) is 9.59 Å². The highest BCUT2D eigenvalue weighted by molar-refractivity contribution is 5.95. The van der Waals surface area contributed by atoms with Gasteiger partial charge in [0.1, 0.15) is 5.60 Å². The minimum atomic E-state index is -0.567. The molecule has 0 aliphatic carbocycles. The third-order valence-electron chi connectivity index (χ3n) is 4.79. The molecular weight excluding hydrogens is 352 g/mol. The number of benzene rings is 2. The Bertz CT molecular complexity index is 810. The summed E-state index contributed by atoms with van der Waals surface area (Å²) < 4.78 is 5.51. The largest absolute Gasteiger partial charge is 0.460 e. The number of anilines is 1. The Balaban J connectivity index is 1.67. The van der Waals surface area contributed by atoms with Gasteiger partial charge in [-0.05, 0) is 57.0 Å². The highest BCUT2D eigenvalue weighted by Gasteiger charge is 2.38. The number of carbonyl (C=O) groups excluding carboxylic acids is 2. The van der Waals surface area contributed by atoms with E-state index < -0.39 is 17.4 Å². The molecule has 2 N–H and O–H groups in total. The molecule has 2 unspecified atom stereocenters. The molecule has 0 bridgehead atoms. The number of esters is 1. The van der Waals surface area contributed by atoms with E-state index in [-0.39, 0.29) is 11.9 Å². The molecule has 1 amide bonds. The number of carbonyl (C=O) groups is 2. The highest BCUT2D eigenvalue weighted by atomic mass is 16.6. The van der Waals surface area contributed by atoms with Crippen LogP contribution in [0.15, 0.2) is 54.6 Å². The molecule has 1 saturated heterocycles. The fourth-order valence-electron chi connectivity index (χ4n) is 3.41. The first-order chi connectivity index (χ1) is 13.3. The molecule has 0 aromatic heterocycles. The van der Waals surface area contributed by atoms with Crippen LogP contribution in [-0.2, 0) is 14.3 Å². The van der Waals surface area contributed by atoms with Gasteiger partial charge in [0, 0.05) is 12.2 Å². The van der Waals surface area contributed by atoms with Crippen LogP contribution in [0.4, 0.5) is 5.69 Å². The molecule has 1 fully saturated rings. The van der Waals surface area contributed by atoms with Gasteiger partial charge in [-0.1, -0.05) is 42.5 Å². The molecule has 1 heterocycles. The Kier molecular flexibility index (Phi) is 6.15. The molecule has 1 aliphatic heterocycles. The summed E-state index contributed by atoms with van der Waals surface area (Å²) in [4.78, 5) is 25.4. The molecule has 148 valence electrons. The summed E-state index contributed by atoms with van der Waals surface area (Å²) in [6.07, 6.45) is 0.609. The SMILES string of the molecule is CC(C)(C)OC(=O)C1CNCCC1C(=O)Nc1ccc(-c2ccccc2)cc1. The minimum absolute atomic E-state index is 0.134. The van der Waals surface area contributed by atoms with E-state index in [0.29, 0.717) is 19.5 Å². The van der Waals surface area contributed by atoms with Crippen molar-refractivity contribution in [2.24, 2.45) is 11.8 Å². The summed E-state index contributed by atoms with van der Waals surface area (Å²) in [5.74, 6) is -1.33. The lowest BCUT2D eigenvalue weighted by atomic mass is 9.85. The van der Waals surface area contributed by atoms with Gasteiger partial charge in [0.2, 0.25) is 5.91 Å².